The summed E-state index contributed by atoms with van der Waals surface area (Å²) < 4.78 is 42.1. The summed E-state index contributed by atoms with van der Waals surface area (Å²) in [6, 6.07) is 3.63. The normalized spacial score (nSPS) is 22.8. The SMILES string of the molecule is Cc1cc(O)c(-c2cc3ncn(C4CC(C)(O)C4)c3nn2)c(C(F)(F)F)c1. The third-order valence-corrected chi connectivity index (χ3v) is 4.89. The molecule has 0 spiro atoms. The van der Waals surface area contributed by atoms with Gasteiger partial charge in [-0.15, -0.1) is 10.2 Å². The van der Waals surface area contributed by atoms with Gasteiger partial charge in [0.05, 0.1) is 28.7 Å². The van der Waals surface area contributed by atoms with Gasteiger partial charge in [-0.1, -0.05) is 0 Å². The van der Waals surface area contributed by atoms with Gasteiger partial charge in [0.2, 0.25) is 0 Å². The van der Waals surface area contributed by atoms with E-state index >= 15 is 0 Å². The fourth-order valence-corrected chi connectivity index (χ4v) is 3.63. The molecule has 27 heavy (non-hydrogen) atoms. The summed E-state index contributed by atoms with van der Waals surface area (Å²) in [5.41, 5.74) is -1.12. The smallest absolute Gasteiger partial charge is 0.417 e. The van der Waals surface area contributed by atoms with Crippen LogP contribution in [0.25, 0.3) is 22.4 Å². The van der Waals surface area contributed by atoms with Crippen molar-refractivity contribution in [1.29, 1.82) is 0 Å². The molecular formula is C18H17F3N4O2. The number of aryl methyl sites for hydroxylation is 1. The zero-order chi connectivity index (χ0) is 19.6. The second-order valence-corrected chi connectivity index (χ2v) is 7.35. The van der Waals surface area contributed by atoms with Gasteiger partial charge in [0, 0.05) is 6.04 Å². The van der Waals surface area contributed by atoms with Crippen LogP contribution >= 0.6 is 0 Å². The lowest BCUT2D eigenvalue weighted by Crippen LogP contribution is -2.41. The van der Waals surface area contributed by atoms with Crippen molar-refractivity contribution in [2.24, 2.45) is 0 Å². The first-order chi connectivity index (χ1) is 12.5. The summed E-state index contributed by atoms with van der Waals surface area (Å²) in [5.74, 6) is -0.509. The Balaban J connectivity index is 1.81. The second-order valence-electron chi connectivity index (χ2n) is 7.35. The van der Waals surface area contributed by atoms with Crippen LogP contribution in [-0.4, -0.2) is 35.6 Å². The Bertz CT molecular complexity index is 1030. The molecular weight excluding hydrogens is 361 g/mol. The summed E-state index contributed by atoms with van der Waals surface area (Å²) in [6.45, 7) is 3.22. The van der Waals surface area contributed by atoms with Crippen LogP contribution in [0.3, 0.4) is 0 Å². The van der Waals surface area contributed by atoms with Crippen molar-refractivity contribution >= 4 is 11.2 Å². The molecule has 1 aliphatic rings. The largest absolute Gasteiger partial charge is 0.507 e. The van der Waals surface area contributed by atoms with Crippen molar-refractivity contribution in [1.82, 2.24) is 19.7 Å². The van der Waals surface area contributed by atoms with Gasteiger partial charge in [-0.25, -0.2) is 4.98 Å². The van der Waals surface area contributed by atoms with E-state index in [0.717, 1.165) is 6.07 Å². The average Bonchev–Trinajstić information content (AvgIpc) is 2.93. The number of aromatic hydroxyl groups is 1. The third kappa shape index (κ3) is 3.01. The highest BCUT2D eigenvalue weighted by Gasteiger charge is 2.40. The molecule has 2 heterocycles. The lowest BCUT2D eigenvalue weighted by Gasteiger charge is -2.41. The molecule has 3 aromatic rings. The van der Waals surface area contributed by atoms with Crippen LogP contribution in [0.2, 0.25) is 0 Å². The Hall–Kier alpha value is -2.68. The number of hydrogen-bond acceptors (Lipinski definition) is 5. The Morgan fingerprint density at radius 2 is 1.89 bits per heavy atom. The molecule has 1 aliphatic carbocycles. The number of phenolic OH excluding ortho intramolecular Hbond substituents is 1. The summed E-state index contributed by atoms with van der Waals surface area (Å²) in [6.07, 6.45) is -2.02. The highest BCUT2D eigenvalue weighted by molar-refractivity contribution is 5.80. The number of phenols is 1. The van der Waals surface area contributed by atoms with E-state index in [2.05, 4.69) is 15.2 Å². The molecule has 2 N–H and O–H groups in total. The minimum atomic E-state index is -4.65. The number of fused-ring (bicyclic) bond motifs is 1. The first kappa shape index (κ1) is 17.7. The molecule has 1 aromatic carbocycles. The number of aliphatic hydroxyl groups is 1. The van der Waals surface area contributed by atoms with Crippen molar-refractivity contribution in [3.8, 4) is 17.0 Å². The molecule has 1 saturated carbocycles. The zero-order valence-electron chi connectivity index (χ0n) is 14.6. The first-order valence-electron chi connectivity index (χ1n) is 8.39. The van der Waals surface area contributed by atoms with Gasteiger partial charge in [0.15, 0.2) is 5.65 Å². The molecule has 0 radical (unpaired) electrons. The molecule has 0 amide bonds. The number of alkyl halides is 3. The molecule has 0 saturated heterocycles. The number of nitrogens with zero attached hydrogens (tertiary/aromatic N) is 4. The maximum atomic E-state index is 13.4. The molecule has 1 fully saturated rings. The molecule has 0 bridgehead atoms. The van der Waals surface area contributed by atoms with E-state index in [9.17, 15) is 23.4 Å². The minimum absolute atomic E-state index is 0.0173. The van der Waals surface area contributed by atoms with Crippen molar-refractivity contribution in [2.45, 2.75) is 44.5 Å². The fraction of sp³-hybridized carbons (Fsp3) is 0.389. The Morgan fingerprint density at radius 3 is 2.52 bits per heavy atom. The van der Waals surface area contributed by atoms with Gasteiger partial charge in [-0.3, -0.25) is 0 Å². The highest BCUT2D eigenvalue weighted by Crippen LogP contribution is 2.44. The fourth-order valence-electron chi connectivity index (χ4n) is 3.63. The van der Waals surface area contributed by atoms with E-state index in [0.29, 0.717) is 29.6 Å². The van der Waals surface area contributed by atoms with Gasteiger partial charge in [0.25, 0.3) is 0 Å². The van der Waals surface area contributed by atoms with E-state index in [1.165, 1.54) is 19.1 Å². The summed E-state index contributed by atoms with van der Waals surface area (Å²) >= 11 is 0. The number of imidazole rings is 1. The summed E-state index contributed by atoms with van der Waals surface area (Å²) in [7, 11) is 0. The van der Waals surface area contributed by atoms with Crippen LogP contribution in [0.15, 0.2) is 24.5 Å². The molecule has 0 unspecified atom stereocenters. The van der Waals surface area contributed by atoms with Crippen molar-refractivity contribution in [2.75, 3.05) is 0 Å². The van der Waals surface area contributed by atoms with Crippen LogP contribution in [0, 0.1) is 6.92 Å². The molecule has 0 aliphatic heterocycles. The molecule has 6 nitrogen and oxygen atoms in total. The van der Waals surface area contributed by atoms with Crippen molar-refractivity contribution in [3.05, 3.63) is 35.7 Å². The van der Waals surface area contributed by atoms with Crippen LogP contribution < -0.4 is 0 Å². The lowest BCUT2D eigenvalue weighted by atomic mass is 9.77. The number of hydrogen-bond donors (Lipinski definition) is 2. The quantitative estimate of drug-likeness (QED) is 0.712. The maximum Gasteiger partial charge on any atom is 0.417 e. The van der Waals surface area contributed by atoms with E-state index in [4.69, 9.17) is 0 Å². The summed E-state index contributed by atoms with van der Waals surface area (Å²) in [5, 5.41) is 28.0. The van der Waals surface area contributed by atoms with Gasteiger partial charge >= 0.3 is 6.18 Å². The van der Waals surface area contributed by atoms with Gasteiger partial charge < -0.3 is 14.8 Å². The van der Waals surface area contributed by atoms with E-state index in [1.54, 1.807) is 17.8 Å². The van der Waals surface area contributed by atoms with Crippen LogP contribution in [-0.2, 0) is 6.18 Å². The standard InChI is InChI=1S/C18H17F3N4O2/c1-9-3-11(18(19,20)21)15(14(26)4-9)12-5-13-16(24-23-12)25(8-22-13)10-6-17(2,27)7-10/h3-5,8,10,26-27H,6-7H2,1-2H3. The number of aromatic nitrogens is 4. The monoisotopic (exact) mass is 378 g/mol. The van der Waals surface area contributed by atoms with Crippen LogP contribution in [0.5, 0.6) is 5.75 Å². The summed E-state index contributed by atoms with van der Waals surface area (Å²) in [4.78, 5) is 4.21. The number of rotatable bonds is 2. The number of halogens is 3. The zero-order valence-corrected chi connectivity index (χ0v) is 14.6. The predicted molar refractivity (Wildman–Crippen MR) is 91.1 cm³/mol. The number of benzene rings is 1. The van der Waals surface area contributed by atoms with Crippen LogP contribution in [0.1, 0.15) is 36.9 Å². The van der Waals surface area contributed by atoms with E-state index < -0.39 is 28.7 Å². The van der Waals surface area contributed by atoms with Crippen LogP contribution in [0.4, 0.5) is 13.2 Å². The molecule has 0 atom stereocenters. The topological polar surface area (TPSA) is 84.1 Å². The Morgan fingerprint density at radius 1 is 1.19 bits per heavy atom. The van der Waals surface area contributed by atoms with E-state index in [1.807, 2.05) is 0 Å². The van der Waals surface area contributed by atoms with Gasteiger partial charge in [-0.05, 0) is 50.5 Å². The predicted octanol–water partition coefficient (Wildman–Crippen LogP) is 3.61. The van der Waals surface area contributed by atoms with Crippen molar-refractivity contribution < 1.29 is 23.4 Å². The molecule has 9 heteroatoms. The van der Waals surface area contributed by atoms with Gasteiger partial charge in [-0.2, -0.15) is 13.2 Å². The van der Waals surface area contributed by atoms with Crippen molar-refractivity contribution in [3.63, 3.8) is 0 Å². The lowest BCUT2D eigenvalue weighted by molar-refractivity contribution is -0.137. The first-order valence-corrected chi connectivity index (χ1v) is 8.39. The highest BCUT2D eigenvalue weighted by atomic mass is 19.4. The van der Waals surface area contributed by atoms with E-state index in [-0.39, 0.29) is 11.7 Å². The van der Waals surface area contributed by atoms with Gasteiger partial charge in [0.1, 0.15) is 11.3 Å². The average molecular weight is 378 g/mol. The molecule has 142 valence electrons. The maximum absolute atomic E-state index is 13.4. The minimum Gasteiger partial charge on any atom is -0.507 e. The molecule has 4 rings (SSSR count). The third-order valence-electron chi connectivity index (χ3n) is 4.89. The second kappa shape index (κ2) is 5.66. The Labute approximate surface area is 152 Å². The molecule has 2 aromatic heterocycles. The Kier molecular flexibility index (Phi) is 3.71.